The highest BCUT2D eigenvalue weighted by Gasteiger charge is 2.26. The van der Waals surface area contributed by atoms with Gasteiger partial charge in [-0.05, 0) is 18.8 Å². The minimum absolute atomic E-state index is 0.112. The Morgan fingerprint density at radius 2 is 1.84 bits per heavy atom. The third kappa shape index (κ3) is 5.11. The van der Waals surface area contributed by atoms with E-state index in [0.29, 0.717) is 18.0 Å². The molecule has 19 heavy (non-hydrogen) atoms. The fourth-order valence-electron chi connectivity index (χ4n) is 2.55. The van der Waals surface area contributed by atoms with Crippen LogP contribution in [0.2, 0.25) is 0 Å². The molecule has 0 radical (unpaired) electrons. The van der Waals surface area contributed by atoms with Crippen LogP contribution in [0, 0.1) is 11.8 Å². The second-order valence-corrected chi connectivity index (χ2v) is 6.23. The zero-order valence-electron chi connectivity index (χ0n) is 13.1. The maximum Gasteiger partial charge on any atom is 0.225 e. The summed E-state index contributed by atoms with van der Waals surface area (Å²) in [5.41, 5.74) is 0. The molecule has 0 spiro atoms. The van der Waals surface area contributed by atoms with E-state index in [-0.39, 0.29) is 11.8 Å². The van der Waals surface area contributed by atoms with Gasteiger partial charge >= 0.3 is 0 Å². The van der Waals surface area contributed by atoms with Crippen LogP contribution < -0.4 is 5.32 Å². The Bertz CT molecular complexity index is 271. The van der Waals surface area contributed by atoms with Crippen molar-refractivity contribution in [1.82, 2.24) is 10.2 Å². The molecule has 1 fully saturated rings. The van der Waals surface area contributed by atoms with Crippen molar-refractivity contribution in [3.8, 4) is 0 Å². The van der Waals surface area contributed by atoms with E-state index in [0.717, 1.165) is 32.5 Å². The van der Waals surface area contributed by atoms with Gasteiger partial charge in [0.2, 0.25) is 5.91 Å². The van der Waals surface area contributed by atoms with Crippen LogP contribution in [0.15, 0.2) is 0 Å². The number of likely N-dealkylation sites (tertiary alicyclic amines) is 1. The van der Waals surface area contributed by atoms with Crippen molar-refractivity contribution in [2.75, 3.05) is 26.8 Å². The highest BCUT2D eigenvalue weighted by Crippen LogP contribution is 2.15. The number of hydrogen-bond donors (Lipinski definition) is 1. The van der Waals surface area contributed by atoms with Gasteiger partial charge in [-0.15, -0.1) is 0 Å². The summed E-state index contributed by atoms with van der Waals surface area (Å²) in [6.45, 7) is 10.9. The van der Waals surface area contributed by atoms with Crippen molar-refractivity contribution >= 4 is 5.91 Å². The summed E-state index contributed by atoms with van der Waals surface area (Å²) in [6, 6.07) is 0.918. The van der Waals surface area contributed by atoms with E-state index in [1.807, 2.05) is 18.7 Å². The third-order valence-electron chi connectivity index (χ3n) is 3.90. The monoisotopic (exact) mass is 270 g/mol. The lowest BCUT2D eigenvalue weighted by atomic mass is 9.99. The molecule has 1 aliphatic rings. The lowest BCUT2D eigenvalue weighted by Crippen LogP contribution is -2.50. The smallest absolute Gasteiger partial charge is 0.225 e. The van der Waals surface area contributed by atoms with Crippen molar-refractivity contribution in [3.63, 3.8) is 0 Å². The number of nitrogens with one attached hydrogen (secondary N) is 1. The molecule has 0 bridgehead atoms. The van der Waals surface area contributed by atoms with Gasteiger partial charge in [-0.3, -0.25) is 4.79 Å². The lowest BCUT2D eigenvalue weighted by Gasteiger charge is -2.36. The zero-order chi connectivity index (χ0) is 14.4. The SMILES string of the molecule is COCC(NC1CCN(C(=O)C(C)C)CC1)C(C)C. The molecule has 0 aromatic rings. The summed E-state index contributed by atoms with van der Waals surface area (Å²) in [5.74, 6) is 0.965. The van der Waals surface area contributed by atoms with E-state index in [1.54, 1.807) is 7.11 Å². The van der Waals surface area contributed by atoms with E-state index in [1.165, 1.54) is 0 Å². The summed E-state index contributed by atoms with van der Waals surface area (Å²) in [6.07, 6.45) is 2.09. The van der Waals surface area contributed by atoms with E-state index in [4.69, 9.17) is 4.74 Å². The van der Waals surface area contributed by atoms with Crippen LogP contribution in [0.4, 0.5) is 0 Å². The fourth-order valence-corrected chi connectivity index (χ4v) is 2.55. The Kier molecular flexibility index (Phi) is 6.80. The fraction of sp³-hybridized carbons (Fsp3) is 0.933. The standard InChI is InChI=1S/C15H30N2O2/c1-11(2)14(10-19-5)16-13-6-8-17(9-7-13)15(18)12(3)4/h11-14,16H,6-10H2,1-5H3. The van der Waals surface area contributed by atoms with Crippen LogP contribution in [0.3, 0.4) is 0 Å². The van der Waals surface area contributed by atoms with E-state index in [9.17, 15) is 4.79 Å². The topological polar surface area (TPSA) is 41.6 Å². The number of nitrogens with zero attached hydrogens (tertiary/aromatic N) is 1. The quantitative estimate of drug-likeness (QED) is 0.801. The lowest BCUT2D eigenvalue weighted by molar-refractivity contribution is -0.135. The summed E-state index contributed by atoms with van der Waals surface area (Å²) >= 11 is 0. The maximum atomic E-state index is 11.9. The van der Waals surface area contributed by atoms with Gasteiger partial charge in [0.15, 0.2) is 0 Å². The van der Waals surface area contributed by atoms with E-state index in [2.05, 4.69) is 19.2 Å². The van der Waals surface area contributed by atoms with Crippen molar-refractivity contribution in [1.29, 1.82) is 0 Å². The van der Waals surface area contributed by atoms with E-state index >= 15 is 0 Å². The molecule has 0 aliphatic carbocycles. The molecular formula is C15H30N2O2. The molecule has 1 atom stereocenters. The normalized spacial score (nSPS) is 19.2. The Morgan fingerprint density at radius 1 is 1.26 bits per heavy atom. The molecule has 1 saturated heterocycles. The van der Waals surface area contributed by atoms with Crippen molar-refractivity contribution in [2.45, 2.75) is 52.6 Å². The number of carbonyl (C=O) groups excluding carboxylic acids is 1. The molecule has 4 heteroatoms. The van der Waals surface area contributed by atoms with Crippen LogP contribution in [0.5, 0.6) is 0 Å². The van der Waals surface area contributed by atoms with Crippen molar-refractivity contribution in [3.05, 3.63) is 0 Å². The first kappa shape index (κ1) is 16.4. The van der Waals surface area contributed by atoms with Gasteiger partial charge in [0.25, 0.3) is 0 Å². The summed E-state index contributed by atoms with van der Waals surface area (Å²) < 4.78 is 5.27. The number of piperidine rings is 1. The molecule has 0 saturated carbocycles. The van der Waals surface area contributed by atoms with Gasteiger partial charge in [-0.1, -0.05) is 27.7 Å². The van der Waals surface area contributed by atoms with Crippen LogP contribution in [0.1, 0.15) is 40.5 Å². The van der Waals surface area contributed by atoms with Gasteiger partial charge in [0.1, 0.15) is 0 Å². The first-order valence-electron chi connectivity index (χ1n) is 7.49. The van der Waals surface area contributed by atoms with Gasteiger partial charge in [0, 0.05) is 38.2 Å². The molecule has 1 heterocycles. The average Bonchev–Trinajstić information content (AvgIpc) is 2.38. The summed E-state index contributed by atoms with van der Waals surface area (Å²) in [5, 5.41) is 3.68. The molecule has 4 nitrogen and oxygen atoms in total. The number of ether oxygens (including phenoxy) is 1. The van der Waals surface area contributed by atoms with Gasteiger partial charge in [0.05, 0.1) is 6.61 Å². The zero-order valence-corrected chi connectivity index (χ0v) is 13.1. The second-order valence-electron chi connectivity index (χ2n) is 6.23. The molecule has 1 amide bonds. The van der Waals surface area contributed by atoms with Crippen LogP contribution in [-0.2, 0) is 9.53 Å². The number of amides is 1. The molecular weight excluding hydrogens is 240 g/mol. The van der Waals surface area contributed by atoms with Crippen molar-refractivity contribution < 1.29 is 9.53 Å². The Balaban J connectivity index is 2.39. The van der Waals surface area contributed by atoms with Crippen molar-refractivity contribution in [2.24, 2.45) is 11.8 Å². The highest BCUT2D eigenvalue weighted by molar-refractivity contribution is 5.78. The second kappa shape index (κ2) is 7.85. The first-order valence-corrected chi connectivity index (χ1v) is 7.49. The molecule has 1 unspecified atom stereocenters. The summed E-state index contributed by atoms with van der Waals surface area (Å²) in [4.78, 5) is 13.9. The maximum absolute atomic E-state index is 11.9. The molecule has 0 aromatic heterocycles. The molecule has 1 N–H and O–H groups in total. The number of rotatable bonds is 6. The Hall–Kier alpha value is -0.610. The average molecular weight is 270 g/mol. The number of methoxy groups -OCH3 is 1. The Morgan fingerprint density at radius 3 is 2.26 bits per heavy atom. The minimum Gasteiger partial charge on any atom is -0.383 e. The van der Waals surface area contributed by atoms with Crippen LogP contribution >= 0.6 is 0 Å². The van der Waals surface area contributed by atoms with Gasteiger partial charge in [-0.25, -0.2) is 0 Å². The molecule has 1 rings (SSSR count). The predicted octanol–water partition coefficient (Wildman–Crippen LogP) is 1.89. The largest absolute Gasteiger partial charge is 0.383 e. The molecule has 112 valence electrons. The molecule has 1 aliphatic heterocycles. The number of hydrogen-bond acceptors (Lipinski definition) is 3. The number of carbonyl (C=O) groups is 1. The van der Waals surface area contributed by atoms with Crippen LogP contribution in [0.25, 0.3) is 0 Å². The van der Waals surface area contributed by atoms with Crippen LogP contribution in [-0.4, -0.2) is 49.7 Å². The highest BCUT2D eigenvalue weighted by atomic mass is 16.5. The minimum atomic E-state index is 0.112. The predicted molar refractivity (Wildman–Crippen MR) is 78.1 cm³/mol. The summed E-state index contributed by atoms with van der Waals surface area (Å²) in [7, 11) is 1.75. The Labute approximate surface area is 117 Å². The van der Waals surface area contributed by atoms with E-state index < -0.39 is 0 Å². The van der Waals surface area contributed by atoms with Gasteiger partial charge in [-0.2, -0.15) is 0 Å². The third-order valence-corrected chi connectivity index (χ3v) is 3.90. The van der Waals surface area contributed by atoms with Gasteiger partial charge < -0.3 is 15.0 Å². The first-order chi connectivity index (χ1) is 8.95. The molecule has 0 aromatic carbocycles.